The highest BCUT2D eigenvalue weighted by Crippen LogP contribution is 2.34. The molecule has 0 heterocycles. The molecule has 1 unspecified atom stereocenters. The molecule has 1 atom stereocenters. The molecule has 1 aromatic rings. The lowest BCUT2D eigenvalue weighted by molar-refractivity contribution is 0.408. The van der Waals surface area contributed by atoms with Gasteiger partial charge < -0.3 is 0 Å². The summed E-state index contributed by atoms with van der Waals surface area (Å²) < 4.78 is 0. The summed E-state index contributed by atoms with van der Waals surface area (Å²) in [6.45, 7) is 9.29. The fraction of sp³-hybridized carbons (Fsp3) is 0.471. The normalized spacial score (nSPS) is 16.2. The van der Waals surface area contributed by atoms with E-state index in [1.807, 2.05) is 0 Å². The third-order valence-electron chi connectivity index (χ3n) is 3.54. The standard InChI is InChI=1S/C17H23/c1-12(2)11-17(13(3)4)16-9-7-15(8-10-16)14-5-6-14/h5-10,12-13,17H,11H2,1-4H3. The monoisotopic (exact) mass is 227 g/mol. The van der Waals surface area contributed by atoms with Gasteiger partial charge in [0, 0.05) is 6.42 Å². The van der Waals surface area contributed by atoms with Crippen LogP contribution in [-0.2, 0) is 0 Å². The molecule has 1 aromatic carbocycles. The lowest BCUT2D eigenvalue weighted by Gasteiger charge is -2.23. The van der Waals surface area contributed by atoms with Gasteiger partial charge in [-0.1, -0.05) is 58.0 Å². The molecule has 0 spiro atoms. The zero-order valence-corrected chi connectivity index (χ0v) is 11.4. The second kappa shape index (κ2) is 5.08. The largest absolute Gasteiger partial charge is 0.0716 e. The molecule has 17 heavy (non-hydrogen) atoms. The molecule has 0 heteroatoms. The smallest absolute Gasteiger partial charge is 0.0131 e. The first kappa shape index (κ1) is 12.4. The average molecular weight is 227 g/mol. The molecular formula is C17H23. The Balaban J connectivity index is 2.14. The molecule has 1 radical (unpaired) electrons. The van der Waals surface area contributed by atoms with Gasteiger partial charge in [0.1, 0.15) is 0 Å². The molecular weight excluding hydrogens is 204 g/mol. The van der Waals surface area contributed by atoms with Gasteiger partial charge in [-0.25, -0.2) is 0 Å². The summed E-state index contributed by atoms with van der Waals surface area (Å²) in [7, 11) is 0. The van der Waals surface area contributed by atoms with Gasteiger partial charge in [-0.15, -0.1) is 0 Å². The molecule has 1 aliphatic rings. The molecule has 1 aliphatic carbocycles. The van der Waals surface area contributed by atoms with Crippen molar-refractivity contribution in [3.05, 3.63) is 47.9 Å². The summed E-state index contributed by atoms with van der Waals surface area (Å²) in [5.41, 5.74) is 4.25. The fourth-order valence-corrected chi connectivity index (χ4v) is 2.46. The van der Waals surface area contributed by atoms with Crippen molar-refractivity contribution in [1.29, 1.82) is 0 Å². The highest BCUT2D eigenvalue weighted by Gasteiger charge is 2.18. The first-order chi connectivity index (χ1) is 8.08. The maximum Gasteiger partial charge on any atom is 0.0131 e. The molecule has 2 rings (SSSR count). The Morgan fingerprint density at radius 2 is 1.53 bits per heavy atom. The van der Waals surface area contributed by atoms with Crippen molar-refractivity contribution in [1.82, 2.24) is 0 Å². The van der Waals surface area contributed by atoms with E-state index < -0.39 is 0 Å². The van der Waals surface area contributed by atoms with Gasteiger partial charge in [0.05, 0.1) is 0 Å². The summed E-state index contributed by atoms with van der Waals surface area (Å²) in [4.78, 5) is 0. The van der Waals surface area contributed by atoms with Crippen LogP contribution < -0.4 is 0 Å². The molecule has 0 nitrogen and oxygen atoms in total. The summed E-state index contributed by atoms with van der Waals surface area (Å²) in [6, 6.07) is 9.16. The van der Waals surface area contributed by atoms with Crippen LogP contribution in [0.3, 0.4) is 0 Å². The lowest BCUT2D eigenvalue weighted by Crippen LogP contribution is -2.09. The molecule has 0 aliphatic heterocycles. The summed E-state index contributed by atoms with van der Waals surface area (Å²) in [5, 5.41) is 0. The van der Waals surface area contributed by atoms with E-state index in [0.29, 0.717) is 5.92 Å². The van der Waals surface area contributed by atoms with Crippen LogP contribution in [0, 0.1) is 18.3 Å². The zero-order chi connectivity index (χ0) is 12.4. The van der Waals surface area contributed by atoms with Crippen molar-refractivity contribution in [3.8, 4) is 0 Å². The van der Waals surface area contributed by atoms with Gasteiger partial charge in [-0.3, -0.25) is 0 Å². The Bertz CT molecular complexity index is 393. The Kier molecular flexibility index (Phi) is 3.71. The number of hydrogen-bond donors (Lipinski definition) is 0. The summed E-state index contributed by atoms with van der Waals surface area (Å²) in [6.07, 6.45) is 5.62. The molecule has 0 saturated heterocycles. The summed E-state index contributed by atoms with van der Waals surface area (Å²) in [5.74, 6) is 2.18. The molecule has 91 valence electrons. The number of hydrogen-bond acceptors (Lipinski definition) is 0. The fourth-order valence-electron chi connectivity index (χ4n) is 2.46. The van der Waals surface area contributed by atoms with Crippen LogP contribution in [0.1, 0.15) is 51.2 Å². The Hall–Kier alpha value is -1.04. The number of allylic oxidation sites excluding steroid dienone is 2. The maximum atomic E-state index is 2.33. The van der Waals surface area contributed by atoms with Gasteiger partial charge in [-0.2, -0.15) is 0 Å². The minimum absolute atomic E-state index is 0.696. The average Bonchev–Trinajstić information content (AvgIpc) is 3.09. The van der Waals surface area contributed by atoms with Crippen molar-refractivity contribution < 1.29 is 0 Å². The van der Waals surface area contributed by atoms with Crippen molar-refractivity contribution >= 4 is 5.57 Å². The van der Waals surface area contributed by atoms with Crippen molar-refractivity contribution in [2.24, 2.45) is 11.8 Å². The predicted octanol–water partition coefficient (Wildman–Crippen LogP) is 5.07. The van der Waals surface area contributed by atoms with Gasteiger partial charge in [0.2, 0.25) is 0 Å². The van der Waals surface area contributed by atoms with Crippen molar-refractivity contribution in [2.75, 3.05) is 0 Å². The molecule has 0 N–H and O–H groups in total. The SMILES string of the molecule is CC(C)CC(c1ccc(C2=C[CH]2)cc1)C(C)C. The predicted molar refractivity (Wildman–Crippen MR) is 75.8 cm³/mol. The summed E-state index contributed by atoms with van der Waals surface area (Å²) >= 11 is 0. The third kappa shape index (κ3) is 3.21. The van der Waals surface area contributed by atoms with E-state index >= 15 is 0 Å². The zero-order valence-electron chi connectivity index (χ0n) is 11.4. The molecule has 0 saturated carbocycles. The van der Waals surface area contributed by atoms with E-state index in [1.165, 1.54) is 23.1 Å². The van der Waals surface area contributed by atoms with Crippen LogP contribution in [0.2, 0.25) is 0 Å². The molecule has 0 aromatic heterocycles. The van der Waals surface area contributed by atoms with E-state index in [2.05, 4.69) is 64.5 Å². The van der Waals surface area contributed by atoms with E-state index in [4.69, 9.17) is 0 Å². The second-order valence-corrected chi connectivity index (χ2v) is 5.89. The first-order valence-electron chi connectivity index (χ1n) is 6.73. The minimum atomic E-state index is 0.696. The van der Waals surface area contributed by atoms with Crippen LogP contribution in [0.5, 0.6) is 0 Å². The third-order valence-corrected chi connectivity index (χ3v) is 3.54. The van der Waals surface area contributed by atoms with E-state index in [0.717, 1.165) is 11.8 Å². The Morgan fingerprint density at radius 3 is 1.94 bits per heavy atom. The lowest BCUT2D eigenvalue weighted by atomic mass is 9.82. The van der Waals surface area contributed by atoms with E-state index in [-0.39, 0.29) is 0 Å². The highest BCUT2D eigenvalue weighted by atomic mass is 14.2. The molecule has 0 fully saturated rings. The van der Waals surface area contributed by atoms with Crippen LogP contribution in [-0.4, -0.2) is 0 Å². The molecule has 0 amide bonds. The van der Waals surface area contributed by atoms with E-state index in [1.54, 1.807) is 0 Å². The van der Waals surface area contributed by atoms with Crippen LogP contribution >= 0.6 is 0 Å². The van der Waals surface area contributed by atoms with E-state index in [9.17, 15) is 0 Å². The number of benzene rings is 1. The first-order valence-corrected chi connectivity index (χ1v) is 6.73. The van der Waals surface area contributed by atoms with Crippen molar-refractivity contribution in [2.45, 2.75) is 40.0 Å². The van der Waals surface area contributed by atoms with Crippen LogP contribution in [0.15, 0.2) is 30.3 Å². The maximum absolute atomic E-state index is 2.33. The van der Waals surface area contributed by atoms with Crippen LogP contribution in [0.4, 0.5) is 0 Å². The number of rotatable bonds is 5. The van der Waals surface area contributed by atoms with Crippen molar-refractivity contribution in [3.63, 3.8) is 0 Å². The quantitative estimate of drug-likeness (QED) is 0.658. The van der Waals surface area contributed by atoms with Gasteiger partial charge in [-0.05, 0) is 40.9 Å². The molecule has 0 bridgehead atoms. The van der Waals surface area contributed by atoms with Crippen LogP contribution in [0.25, 0.3) is 5.57 Å². The highest BCUT2D eigenvalue weighted by molar-refractivity contribution is 5.87. The van der Waals surface area contributed by atoms with Gasteiger partial charge in [0.15, 0.2) is 0 Å². The Morgan fingerprint density at radius 1 is 0.941 bits per heavy atom. The van der Waals surface area contributed by atoms with Gasteiger partial charge in [0.25, 0.3) is 0 Å². The topological polar surface area (TPSA) is 0 Å². The minimum Gasteiger partial charge on any atom is -0.0716 e. The Labute approximate surface area is 106 Å². The second-order valence-electron chi connectivity index (χ2n) is 5.89. The van der Waals surface area contributed by atoms with Gasteiger partial charge >= 0.3 is 0 Å².